The Bertz CT molecular complexity index is 1260. The molecule has 0 fully saturated rings. The lowest BCUT2D eigenvalue weighted by molar-refractivity contribution is -0.136. The van der Waals surface area contributed by atoms with Gasteiger partial charge < -0.3 is 20.1 Å². The third-order valence-corrected chi connectivity index (χ3v) is 4.84. The van der Waals surface area contributed by atoms with Crippen LogP contribution < -0.4 is 25.5 Å². The van der Waals surface area contributed by atoms with Crippen LogP contribution in [0.4, 0.5) is 11.4 Å². The summed E-state index contributed by atoms with van der Waals surface area (Å²) in [5.41, 5.74) is 5.88. The molecular formula is C26H26N4O5. The molecule has 0 saturated heterocycles. The van der Waals surface area contributed by atoms with Crippen LogP contribution in [0.3, 0.4) is 0 Å². The number of nitrogens with zero attached hydrogens (tertiary/aromatic N) is 1. The number of aryl methyl sites for hydroxylation is 2. The van der Waals surface area contributed by atoms with Crippen LogP contribution in [-0.2, 0) is 14.4 Å². The largest absolute Gasteiger partial charge is 0.495 e. The second-order valence-corrected chi connectivity index (χ2v) is 7.58. The Balaban J connectivity index is 1.50. The molecule has 0 bridgehead atoms. The molecule has 9 nitrogen and oxygen atoms in total. The fraction of sp³-hybridized carbons (Fsp3) is 0.154. The number of methoxy groups -OCH3 is 1. The zero-order valence-electron chi connectivity index (χ0n) is 19.6. The average molecular weight is 475 g/mol. The molecule has 0 aliphatic carbocycles. The summed E-state index contributed by atoms with van der Waals surface area (Å²) in [4.78, 5) is 36.4. The average Bonchev–Trinajstić information content (AvgIpc) is 2.85. The molecule has 0 aliphatic heterocycles. The molecule has 0 heterocycles. The van der Waals surface area contributed by atoms with Crippen LogP contribution in [0, 0.1) is 13.8 Å². The van der Waals surface area contributed by atoms with Gasteiger partial charge in [-0.25, -0.2) is 5.43 Å². The smallest absolute Gasteiger partial charge is 0.329 e. The third-order valence-electron chi connectivity index (χ3n) is 4.84. The number of carbonyl (C=O) groups is 3. The monoisotopic (exact) mass is 474 g/mol. The Labute approximate surface area is 203 Å². The first-order valence-electron chi connectivity index (χ1n) is 10.7. The van der Waals surface area contributed by atoms with Crippen LogP contribution in [0.1, 0.15) is 16.7 Å². The maximum absolute atomic E-state index is 12.3. The van der Waals surface area contributed by atoms with E-state index in [1.54, 1.807) is 48.5 Å². The minimum atomic E-state index is -0.942. The van der Waals surface area contributed by atoms with Crippen molar-refractivity contribution in [1.29, 1.82) is 0 Å². The Morgan fingerprint density at radius 1 is 0.886 bits per heavy atom. The molecule has 3 aromatic carbocycles. The van der Waals surface area contributed by atoms with Crippen LogP contribution in [0.2, 0.25) is 0 Å². The van der Waals surface area contributed by atoms with Crippen LogP contribution in [0.15, 0.2) is 71.8 Å². The topological polar surface area (TPSA) is 118 Å². The SMILES string of the molecule is COc1ccccc1NC(=O)C(=O)N/N=C\c1cccc(OCC(=O)Nc2cc(C)ccc2C)c1. The van der Waals surface area contributed by atoms with Gasteiger partial charge in [-0.05, 0) is 60.9 Å². The predicted molar refractivity (Wildman–Crippen MR) is 134 cm³/mol. The van der Waals surface area contributed by atoms with Gasteiger partial charge in [-0.15, -0.1) is 0 Å². The number of para-hydroxylation sites is 2. The molecule has 3 rings (SSSR count). The van der Waals surface area contributed by atoms with Gasteiger partial charge in [0.2, 0.25) is 0 Å². The highest BCUT2D eigenvalue weighted by Gasteiger charge is 2.15. The van der Waals surface area contributed by atoms with Crippen molar-refractivity contribution in [3.05, 3.63) is 83.4 Å². The van der Waals surface area contributed by atoms with Gasteiger partial charge in [-0.3, -0.25) is 14.4 Å². The molecule has 0 aromatic heterocycles. The number of rotatable bonds is 8. The molecule has 35 heavy (non-hydrogen) atoms. The molecule has 0 saturated carbocycles. The highest BCUT2D eigenvalue weighted by molar-refractivity contribution is 6.39. The molecule has 0 radical (unpaired) electrons. The molecular weight excluding hydrogens is 448 g/mol. The Morgan fingerprint density at radius 2 is 1.69 bits per heavy atom. The van der Waals surface area contributed by atoms with E-state index in [-0.39, 0.29) is 12.5 Å². The van der Waals surface area contributed by atoms with Gasteiger partial charge in [0.1, 0.15) is 11.5 Å². The van der Waals surface area contributed by atoms with Crippen molar-refractivity contribution < 1.29 is 23.9 Å². The highest BCUT2D eigenvalue weighted by Crippen LogP contribution is 2.22. The minimum Gasteiger partial charge on any atom is -0.495 e. The van der Waals surface area contributed by atoms with Crippen molar-refractivity contribution in [2.24, 2.45) is 5.10 Å². The van der Waals surface area contributed by atoms with Gasteiger partial charge in [-0.2, -0.15) is 5.10 Å². The summed E-state index contributed by atoms with van der Waals surface area (Å²) in [6, 6.07) is 19.3. The van der Waals surface area contributed by atoms with Gasteiger partial charge in [-0.1, -0.05) is 36.4 Å². The Morgan fingerprint density at radius 3 is 2.49 bits per heavy atom. The van der Waals surface area contributed by atoms with Crippen LogP contribution in [0.5, 0.6) is 11.5 Å². The van der Waals surface area contributed by atoms with Gasteiger partial charge >= 0.3 is 11.8 Å². The van der Waals surface area contributed by atoms with E-state index in [0.29, 0.717) is 22.7 Å². The number of anilines is 2. The number of hydrazone groups is 1. The fourth-order valence-electron chi connectivity index (χ4n) is 3.03. The summed E-state index contributed by atoms with van der Waals surface area (Å²) in [6.07, 6.45) is 1.36. The molecule has 0 unspecified atom stereocenters. The lowest BCUT2D eigenvalue weighted by Gasteiger charge is -2.10. The number of carbonyl (C=O) groups excluding carboxylic acids is 3. The molecule has 0 spiro atoms. The van der Waals surface area contributed by atoms with E-state index in [1.165, 1.54) is 13.3 Å². The molecule has 9 heteroatoms. The first-order valence-corrected chi connectivity index (χ1v) is 10.7. The standard InChI is InChI=1S/C26H26N4O5/c1-17-11-12-18(2)22(13-17)28-24(31)16-35-20-8-6-7-19(14-20)15-27-30-26(33)25(32)29-21-9-4-5-10-23(21)34-3/h4-15H,16H2,1-3H3,(H,28,31)(H,29,32)(H,30,33)/b27-15-. The first-order chi connectivity index (χ1) is 16.9. The third kappa shape index (κ3) is 7.43. The van der Waals surface area contributed by atoms with Crippen molar-refractivity contribution in [3.63, 3.8) is 0 Å². The zero-order chi connectivity index (χ0) is 25.2. The minimum absolute atomic E-state index is 0.173. The molecule has 0 aliphatic rings. The van der Waals surface area contributed by atoms with E-state index in [2.05, 4.69) is 21.2 Å². The van der Waals surface area contributed by atoms with Crippen LogP contribution >= 0.6 is 0 Å². The maximum Gasteiger partial charge on any atom is 0.329 e. The molecule has 3 N–H and O–H groups in total. The number of amides is 3. The summed E-state index contributed by atoms with van der Waals surface area (Å²) in [5.74, 6) is -1.24. The van der Waals surface area contributed by atoms with E-state index in [0.717, 1.165) is 16.8 Å². The number of hydrogen-bond acceptors (Lipinski definition) is 6. The van der Waals surface area contributed by atoms with Crippen molar-refractivity contribution in [3.8, 4) is 11.5 Å². The van der Waals surface area contributed by atoms with E-state index < -0.39 is 11.8 Å². The second-order valence-electron chi connectivity index (χ2n) is 7.58. The van der Waals surface area contributed by atoms with Crippen molar-refractivity contribution in [1.82, 2.24) is 5.43 Å². The summed E-state index contributed by atoms with van der Waals surface area (Å²) in [6.45, 7) is 3.70. The molecule has 3 amide bonds. The van der Waals surface area contributed by atoms with Crippen LogP contribution in [0.25, 0.3) is 0 Å². The van der Waals surface area contributed by atoms with Gasteiger partial charge in [0.05, 0.1) is 19.0 Å². The lowest BCUT2D eigenvalue weighted by atomic mass is 10.1. The van der Waals surface area contributed by atoms with Crippen molar-refractivity contribution >= 4 is 35.3 Å². The number of benzene rings is 3. The first kappa shape index (κ1) is 25.0. The Kier molecular flexibility index (Phi) is 8.55. The summed E-state index contributed by atoms with van der Waals surface area (Å²) < 4.78 is 10.7. The number of hydrogen-bond donors (Lipinski definition) is 3. The van der Waals surface area contributed by atoms with E-state index in [9.17, 15) is 14.4 Å². The number of nitrogens with one attached hydrogen (secondary N) is 3. The van der Waals surface area contributed by atoms with Gasteiger partial charge in [0.25, 0.3) is 5.91 Å². The fourth-order valence-corrected chi connectivity index (χ4v) is 3.03. The summed E-state index contributed by atoms with van der Waals surface area (Å²) in [7, 11) is 1.46. The molecule has 0 atom stereocenters. The second kappa shape index (κ2) is 12.0. The van der Waals surface area contributed by atoms with Gasteiger partial charge in [0.15, 0.2) is 6.61 Å². The van der Waals surface area contributed by atoms with E-state index >= 15 is 0 Å². The van der Waals surface area contributed by atoms with Gasteiger partial charge in [0, 0.05) is 5.69 Å². The highest BCUT2D eigenvalue weighted by atomic mass is 16.5. The van der Waals surface area contributed by atoms with Crippen molar-refractivity contribution in [2.45, 2.75) is 13.8 Å². The predicted octanol–water partition coefficient (Wildman–Crippen LogP) is 3.42. The van der Waals surface area contributed by atoms with Crippen molar-refractivity contribution in [2.75, 3.05) is 24.4 Å². The summed E-state index contributed by atoms with van der Waals surface area (Å²) >= 11 is 0. The zero-order valence-corrected chi connectivity index (χ0v) is 19.6. The quantitative estimate of drug-likeness (QED) is 0.263. The lowest BCUT2D eigenvalue weighted by Crippen LogP contribution is -2.32. The maximum atomic E-state index is 12.3. The normalized spacial score (nSPS) is 10.5. The molecule has 3 aromatic rings. The van der Waals surface area contributed by atoms with E-state index in [1.807, 2.05) is 32.0 Å². The summed E-state index contributed by atoms with van der Waals surface area (Å²) in [5, 5.41) is 9.10. The molecule has 180 valence electrons. The van der Waals surface area contributed by atoms with Crippen LogP contribution in [-0.4, -0.2) is 37.7 Å². The number of ether oxygens (including phenoxy) is 2. The Hall–Kier alpha value is -4.66. The van der Waals surface area contributed by atoms with E-state index in [4.69, 9.17) is 9.47 Å².